The molecule has 1 amide bonds. The molecule has 0 spiro atoms. The number of nitrogens with two attached hydrogens (primary N) is 1. The second kappa shape index (κ2) is 7.14. The molecule has 1 aromatic carbocycles. The number of phenolic OH excluding ortho intramolecular Hbond substituents is 1. The van der Waals surface area contributed by atoms with Gasteiger partial charge in [-0.05, 0) is 24.3 Å². The van der Waals surface area contributed by atoms with E-state index in [0.717, 1.165) is 10.4 Å². The number of nitrogens with one attached hydrogen (secondary N) is 1. The first-order valence-electron chi connectivity index (χ1n) is 6.13. The van der Waals surface area contributed by atoms with Gasteiger partial charge in [0.15, 0.2) is 0 Å². The average molecular weight is 321 g/mol. The normalized spacial score (nSPS) is 9.81. The highest BCUT2D eigenvalue weighted by Gasteiger charge is 2.11. The molecule has 2 aromatic rings. The van der Waals surface area contributed by atoms with Gasteiger partial charge in [0.2, 0.25) is 0 Å². The van der Waals surface area contributed by atoms with Crippen LogP contribution in [-0.2, 0) is 6.54 Å². The van der Waals surface area contributed by atoms with Gasteiger partial charge in [0, 0.05) is 15.8 Å². The van der Waals surface area contributed by atoms with Gasteiger partial charge >= 0.3 is 0 Å². The molecular weight excluding hydrogens is 308 g/mol. The number of halogens is 1. The fraction of sp³-hybridized carbons (Fsp3) is 0.133. The molecule has 0 atom stereocenters. The lowest BCUT2D eigenvalue weighted by atomic mass is 10.2. The predicted octanol–water partition coefficient (Wildman–Crippen LogP) is 2.35. The Labute approximate surface area is 131 Å². The van der Waals surface area contributed by atoms with Crippen LogP contribution in [0.1, 0.15) is 20.8 Å². The maximum Gasteiger partial charge on any atom is 0.253 e. The third-order valence-electron chi connectivity index (χ3n) is 2.61. The van der Waals surface area contributed by atoms with Crippen LogP contribution in [0.3, 0.4) is 0 Å². The number of thiophene rings is 1. The Hall–Kier alpha value is -2.00. The number of amides is 1. The average Bonchev–Trinajstić information content (AvgIpc) is 2.93. The number of aromatic hydroxyl groups is 1. The molecule has 2 rings (SSSR count). The Balaban J connectivity index is 2.01. The van der Waals surface area contributed by atoms with Crippen molar-refractivity contribution in [2.45, 2.75) is 6.54 Å². The minimum atomic E-state index is -0.334. The van der Waals surface area contributed by atoms with E-state index >= 15 is 0 Å². The van der Waals surface area contributed by atoms with E-state index in [9.17, 15) is 9.90 Å². The summed E-state index contributed by atoms with van der Waals surface area (Å²) in [6.07, 6.45) is 0. The third kappa shape index (κ3) is 4.23. The Morgan fingerprint density at radius 3 is 3.00 bits per heavy atom. The van der Waals surface area contributed by atoms with Gasteiger partial charge < -0.3 is 16.2 Å². The first kappa shape index (κ1) is 15.4. The topological polar surface area (TPSA) is 75.3 Å². The molecule has 0 bridgehead atoms. The number of carbonyl (C=O) groups is 1. The molecule has 1 heterocycles. The summed E-state index contributed by atoms with van der Waals surface area (Å²) in [5.41, 5.74) is 6.44. The van der Waals surface area contributed by atoms with Gasteiger partial charge in [-0.3, -0.25) is 4.79 Å². The summed E-state index contributed by atoms with van der Waals surface area (Å²) < 4.78 is 0. The molecule has 6 heteroatoms. The van der Waals surface area contributed by atoms with Gasteiger partial charge in [0.25, 0.3) is 5.91 Å². The monoisotopic (exact) mass is 320 g/mol. The van der Waals surface area contributed by atoms with E-state index in [-0.39, 0.29) is 17.2 Å². The maximum atomic E-state index is 12.0. The molecule has 0 saturated carbocycles. The molecule has 21 heavy (non-hydrogen) atoms. The van der Waals surface area contributed by atoms with Gasteiger partial charge in [-0.1, -0.05) is 23.4 Å². The van der Waals surface area contributed by atoms with Crippen LogP contribution in [0, 0.1) is 11.8 Å². The zero-order chi connectivity index (χ0) is 15.2. The van der Waals surface area contributed by atoms with E-state index < -0.39 is 0 Å². The smallest absolute Gasteiger partial charge is 0.253 e. The number of rotatable bonds is 3. The number of phenols is 1. The molecule has 0 radical (unpaired) electrons. The molecule has 4 N–H and O–H groups in total. The molecule has 1 aromatic heterocycles. The minimum absolute atomic E-state index is 0.0000174. The summed E-state index contributed by atoms with van der Waals surface area (Å²) in [6, 6.07) is 6.15. The van der Waals surface area contributed by atoms with Crippen molar-refractivity contribution in [1.29, 1.82) is 0 Å². The van der Waals surface area contributed by atoms with Crippen LogP contribution < -0.4 is 11.1 Å². The highest BCUT2D eigenvalue weighted by atomic mass is 35.5. The number of hydrogen-bond donors (Lipinski definition) is 3. The Bertz CT molecular complexity index is 716. The van der Waals surface area contributed by atoms with Crippen molar-refractivity contribution in [3.05, 3.63) is 50.7 Å². The van der Waals surface area contributed by atoms with E-state index in [2.05, 4.69) is 17.2 Å². The van der Waals surface area contributed by atoms with Crippen LogP contribution in [-0.4, -0.2) is 17.6 Å². The summed E-state index contributed by atoms with van der Waals surface area (Å²) in [5, 5.41) is 14.4. The van der Waals surface area contributed by atoms with E-state index in [0.29, 0.717) is 18.1 Å². The van der Waals surface area contributed by atoms with Gasteiger partial charge in [-0.15, -0.1) is 11.3 Å². The van der Waals surface area contributed by atoms with E-state index in [1.54, 1.807) is 0 Å². The van der Waals surface area contributed by atoms with Crippen molar-refractivity contribution in [3.63, 3.8) is 0 Å². The molecule has 0 unspecified atom stereocenters. The Kier molecular flexibility index (Phi) is 5.23. The first-order chi connectivity index (χ1) is 10.1. The highest BCUT2D eigenvalue weighted by molar-refractivity contribution is 7.10. The maximum absolute atomic E-state index is 12.0. The Morgan fingerprint density at radius 2 is 2.24 bits per heavy atom. The van der Waals surface area contributed by atoms with Crippen molar-refractivity contribution in [2.24, 2.45) is 5.73 Å². The fourth-order valence-electron chi connectivity index (χ4n) is 1.64. The SMILES string of the molecule is NCC#Cc1csc(CNC(=O)c2cc(O)ccc2Cl)c1. The van der Waals surface area contributed by atoms with Crippen LogP contribution in [0.25, 0.3) is 0 Å². The standard InChI is InChI=1S/C15H13ClN2O2S/c16-14-4-3-11(19)7-13(14)15(20)18-8-12-6-10(9-21-12)2-1-5-17/h3-4,6-7,9,19H,5,8,17H2,(H,18,20). The third-order valence-corrected chi connectivity index (χ3v) is 3.87. The zero-order valence-corrected chi connectivity index (χ0v) is 12.6. The van der Waals surface area contributed by atoms with Crippen molar-refractivity contribution in [1.82, 2.24) is 5.32 Å². The summed E-state index contributed by atoms with van der Waals surface area (Å²) in [6.45, 7) is 0.692. The summed E-state index contributed by atoms with van der Waals surface area (Å²) in [7, 11) is 0. The quantitative estimate of drug-likeness (QED) is 0.760. The number of hydrogen-bond acceptors (Lipinski definition) is 4. The van der Waals surface area contributed by atoms with Crippen LogP contribution in [0.15, 0.2) is 29.6 Å². The van der Waals surface area contributed by atoms with E-state index in [1.165, 1.54) is 29.5 Å². The van der Waals surface area contributed by atoms with Crippen molar-refractivity contribution < 1.29 is 9.90 Å². The van der Waals surface area contributed by atoms with Crippen LogP contribution >= 0.6 is 22.9 Å². The molecule has 0 aliphatic carbocycles. The zero-order valence-electron chi connectivity index (χ0n) is 11.0. The van der Waals surface area contributed by atoms with Crippen LogP contribution in [0.5, 0.6) is 5.75 Å². The highest BCUT2D eigenvalue weighted by Crippen LogP contribution is 2.21. The number of carbonyl (C=O) groups excluding carboxylic acids is 1. The van der Waals surface area contributed by atoms with Crippen molar-refractivity contribution >= 4 is 28.8 Å². The number of benzene rings is 1. The molecule has 0 saturated heterocycles. The molecule has 0 fully saturated rings. The predicted molar refractivity (Wildman–Crippen MR) is 84.5 cm³/mol. The van der Waals surface area contributed by atoms with Gasteiger partial charge in [-0.25, -0.2) is 0 Å². The van der Waals surface area contributed by atoms with Gasteiger partial charge in [-0.2, -0.15) is 0 Å². The molecular formula is C15H13ClN2O2S. The lowest BCUT2D eigenvalue weighted by Gasteiger charge is -2.06. The van der Waals surface area contributed by atoms with E-state index in [1.807, 2.05) is 11.4 Å². The fourth-order valence-corrected chi connectivity index (χ4v) is 2.60. The Morgan fingerprint density at radius 1 is 1.43 bits per heavy atom. The summed E-state index contributed by atoms with van der Waals surface area (Å²) in [5.74, 6) is 5.37. The lowest BCUT2D eigenvalue weighted by molar-refractivity contribution is 0.0951. The summed E-state index contributed by atoms with van der Waals surface area (Å²) >= 11 is 7.44. The largest absolute Gasteiger partial charge is 0.508 e. The summed E-state index contributed by atoms with van der Waals surface area (Å²) in [4.78, 5) is 13.0. The molecule has 4 nitrogen and oxygen atoms in total. The molecule has 0 aliphatic rings. The second-order valence-corrected chi connectivity index (χ2v) is 5.56. The van der Waals surface area contributed by atoms with E-state index in [4.69, 9.17) is 17.3 Å². The van der Waals surface area contributed by atoms with Crippen LogP contribution in [0.4, 0.5) is 0 Å². The molecule has 0 aliphatic heterocycles. The lowest BCUT2D eigenvalue weighted by Crippen LogP contribution is -2.22. The van der Waals surface area contributed by atoms with Gasteiger partial charge in [0.05, 0.1) is 23.7 Å². The van der Waals surface area contributed by atoms with Crippen LogP contribution in [0.2, 0.25) is 5.02 Å². The molecule has 108 valence electrons. The minimum Gasteiger partial charge on any atom is -0.508 e. The first-order valence-corrected chi connectivity index (χ1v) is 7.39. The van der Waals surface area contributed by atoms with Crippen molar-refractivity contribution in [3.8, 4) is 17.6 Å². The van der Waals surface area contributed by atoms with Crippen molar-refractivity contribution in [2.75, 3.05) is 6.54 Å². The second-order valence-electron chi connectivity index (χ2n) is 4.15. The van der Waals surface area contributed by atoms with Gasteiger partial charge in [0.1, 0.15) is 5.75 Å².